The minimum Gasteiger partial charge on any atom is -0.480 e. The molecule has 1 aromatic rings. The van der Waals surface area contributed by atoms with Crippen molar-refractivity contribution in [2.24, 2.45) is 0 Å². The number of hydrogen-bond acceptors (Lipinski definition) is 4. The van der Waals surface area contributed by atoms with E-state index < -0.39 is 12.0 Å². The molecule has 82 valence electrons. The molecule has 1 atom stereocenters. The first kappa shape index (κ1) is 11.9. The van der Waals surface area contributed by atoms with Crippen LogP contribution < -0.4 is 11.1 Å². The number of likely N-dealkylation sites (N-methyl/N-ethyl adjacent to an activating group) is 1. The lowest BCUT2D eigenvalue weighted by atomic mass is 10.1. The third-order valence-electron chi connectivity index (χ3n) is 2.18. The van der Waals surface area contributed by atoms with Crippen LogP contribution in [-0.4, -0.2) is 24.2 Å². The number of nitrogen functional groups attached to an aromatic ring is 1. The van der Waals surface area contributed by atoms with Gasteiger partial charge in [-0.05, 0) is 31.2 Å². The second-order valence-corrected chi connectivity index (χ2v) is 3.76. The highest BCUT2D eigenvalue weighted by molar-refractivity contribution is 7.80. The monoisotopic (exact) mass is 226 g/mol. The molecule has 0 saturated carbocycles. The number of benzene rings is 1. The molecule has 1 aromatic carbocycles. The SMILES string of the molecule is CNC(Cc1ccc(N)c(S)c1)C(=O)O. The Morgan fingerprint density at radius 2 is 2.33 bits per heavy atom. The minimum absolute atomic E-state index is 0.416. The lowest BCUT2D eigenvalue weighted by molar-refractivity contribution is -0.139. The van der Waals surface area contributed by atoms with Gasteiger partial charge in [0.1, 0.15) is 6.04 Å². The maximum absolute atomic E-state index is 10.8. The van der Waals surface area contributed by atoms with Gasteiger partial charge < -0.3 is 16.2 Å². The van der Waals surface area contributed by atoms with Crippen LogP contribution in [0.3, 0.4) is 0 Å². The van der Waals surface area contributed by atoms with Crippen LogP contribution in [0.15, 0.2) is 23.1 Å². The fourth-order valence-electron chi connectivity index (χ4n) is 1.26. The number of nitrogens with two attached hydrogens (primary N) is 1. The van der Waals surface area contributed by atoms with Crippen molar-refractivity contribution >= 4 is 24.3 Å². The molecule has 4 nitrogen and oxygen atoms in total. The number of carboxylic acids is 1. The topological polar surface area (TPSA) is 75.3 Å². The number of anilines is 1. The summed E-state index contributed by atoms with van der Waals surface area (Å²) >= 11 is 4.18. The van der Waals surface area contributed by atoms with Crippen molar-refractivity contribution in [1.82, 2.24) is 5.32 Å². The van der Waals surface area contributed by atoms with Crippen LogP contribution >= 0.6 is 12.6 Å². The molecule has 1 rings (SSSR count). The lowest BCUT2D eigenvalue weighted by Gasteiger charge is -2.11. The third-order valence-corrected chi connectivity index (χ3v) is 2.57. The number of rotatable bonds is 4. The molecule has 5 heteroatoms. The van der Waals surface area contributed by atoms with E-state index in [-0.39, 0.29) is 0 Å². The molecular formula is C10H14N2O2S. The number of carboxylic acid groups (broad SMARTS) is 1. The maximum Gasteiger partial charge on any atom is 0.321 e. The Balaban J connectivity index is 2.80. The van der Waals surface area contributed by atoms with Gasteiger partial charge in [-0.3, -0.25) is 4.79 Å². The molecular weight excluding hydrogens is 212 g/mol. The highest BCUT2D eigenvalue weighted by atomic mass is 32.1. The van der Waals surface area contributed by atoms with Crippen molar-refractivity contribution < 1.29 is 9.90 Å². The number of hydrogen-bond donors (Lipinski definition) is 4. The van der Waals surface area contributed by atoms with Gasteiger partial charge in [-0.2, -0.15) is 0 Å². The van der Waals surface area contributed by atoms with E-state index in [1.807, 2.05) is 6.07 Å². The summed E-state index contributed by atoms with van der Waals surface area (Å²) < 4.78 is 0. The van der Waals surface area contributed by atoms with Crippen molar-refractivity contribution in [2.75, 3.05) is 12.8 Å². The molecule has 0 aliphatic rings. The van der Waals surface area contributed by atoms with Gasteiger partial charge in [-0.1, -0.05) is 6.07 Å². The van der Waals surface area contributed by atoms with Gasteiger partial charge in [-0.25, -0.2) is 0 Å². The van der Waals surface area contributed by atoms with E-state index >= 15 is 0 Å². The number of nitrogens with one attached hydrogen (secondary N) is 1. The largest absolute Gasteiger partial charge is 0.480 e. The van der Waals surface area contributed by atoms with Crippen molar-refractivity contribution in [3.05, 3.63) is 23.8 Å². The summed E-state index contributed by atoms with van der Waals surface area (Å²) in [5, 5.41) is 11.6. The highest BCUT2D eigenvalue weighted by Gasteiger charge is 2.15. The van der Waals surface area contributed by atoms with Gasteiger partial charge in [-0.15, -0.1) is 12.6 Å². The maximum atomic E-state index is 10.8. The van der Waals surface area contributed by atoms with Crippen LogP contribution in [0.4, 0.5) is 5.69 Å². The standard InChI is InChI=1S/C10H14N2O2S/c1-12-8(10(13)14)4-6-2-3-7(11)9(15)5-6/h2-3,5,8,12,15H,4,11H2,1H3,(H,13,14). The fraction of sp³-hybridized carbons (Fsp3) is 0.300. The van der Waals surface area contributed by atoms with Gasteiger partial charge in [0.05, 0.1) is 0 Å². The minimum atomic E-state index is -0.866. The summed E-state index contributed by atoms with van der Waals surface area (Å²) in [4.78, 5) is 11.5. The number of thiol groups is 1. The van der Waals surface area contributed by atoms with Gasteiger partial charge in [0.15, 0.2) is 0 Å². The van der Waals surface area contributed by atoms with Crippen LogP contribution in [0, 0.1) is 0 Å². The van der Waals surface area contributed by atoms with Gasteiger partial charge in [0.25, 0.3) is 0 Å². The van der Waals surface area contributed by atoms with Crippen molar-refractivity contribution in [1.29, 1.82) is 0 Å². The first-order valence-electron chi connectivity index (χ1n) is 4.52. The van der Waals surface area contributed by atoms with Gasteiger partial charge in [0, 0.05) is 10.6 Å². The average molecular weight is 226 g/mol. The summed E-state index contributed by atoms with van der Waals surface area (Å²) in [6.07, 6.45) is 0.416. The third kappa shape index (κ3) is 3.14. The quantitative estimate of drug-likeness (QED) is 0.452. The normalized spacial score (nSPS) is 12.4. The van der Waals surface area contributed by atoms with E-state index in [1.165, 1.54) is 0 Å². The molecule has 0 aliphatic heterocycles. The van der Waals surface area contributed by atoms with E-state index in [1.54, 1.807) is 19.2 Å². The first-order chi connectivity index (χ1) is 7.04. The Kier molecular flexibility index (Phi) is 3.99. The first-order valence-corrected chi connectivity index (χ1v) is 4.96. The molecule has 0 aliphatic carbocycles. The van der Waals surface area contributed by atoms with E-state index in [4.69, 9.17) is 10.8 Å². The Labute approximate surface area is 93.9 Å². The van der Waals surface area contributed by atoms with Crippen LogP contribution in [-0.2, 0) is 11.2 Å². The summed E-state index contributed by atoms with van der Waals surface area (Å²) in [5.74, 6) is -0.866. The molecule has 0 radical (unpaired) electrons. The molecule has 0 heterocycles. The van der Waals surface area contributed by atoms with Gasteiger partial charge in [0.2, 0.25) is 0 Å². The molecule has 0 spiro atoms. The lowest BCUT2D eigenvalue weighted by Crippen LogP contribution is -2.35. The van der Waals surface area contributed by atoms with Crippen molar-refractivity contribution in [3.63, 3.8) is 0 Å². The predicted octanol–water partition coefficient (Wildman–Crippen LogP) is 0.773. The Morgan fingerprint density at radius 3 is 2.80 bits per heavy atom. The summed E-state index contributed by atoms with van der Waals surface area (Å²) in [6, 6.07) is 4.74. The number of carbonyl (C=O) groups is 1. The highest BCUT2D eigenvalue weighted by Crippen LogP contribution is 2.18. The Morgan fingerprint density at radius 1 is 1.67 bits per heavy atom. The summed E-state index contributed by atoms with van der Waals surface area (Å²) in [5.41, 5.74) is 7.10. The van der Waals surface area contributed by atoms with Crippen molar-refractivity contribution in [2.45, 2.75) is 17.4 Å². The average Bonchev–Trinajstić information content (AvgIpc) is 2.19. The fourth-order valence-corrected chi connectivity index (χ4v) is 1.51. The molecule has 0 fully saturated rings. The van der Waals surface area contributed by atoms with Gasteiger partial charge >= 0.3 is 5.97 Å². The summed E-state index contributed by atoms with van der Waals surface area (Å²) in [7, 11) is 1.62. The van der Waals surface area contributed by atoms with Crippen LogP contribution in [0.25, 0.3) is 0 Å². The second-order valence-electron chi connectivity index (χ2n) is 3.28. The second kappa shape index (κ2) is 5.04. The molecule has 0 aromatic heterocycles. The van der Waals surface area contributed by atoms with E-state index in [0.29, 0.717) is 17.0 Å². The van der Waals surface area contributed by atoms with E-state index in [9.17, 15) is 4.79 Å². The molecule has 4 N–H and O–H groups in total. The van der Waals surface area contributed by atoms with Crippen LogP contribution in [0.2, 0.25) is 0 Å². The molecule has 0 saturated heterocycles. The Hall–Kier alpha value is -1.20. The zero-order valence-corrected chi connectivity index (χ0v) is 9.29. The molecule has 0 amide bonds. The zero-order chi connectivity index (χ0) is 11.4. The van der Waals surface area contributed by atoms with Crippen LogP contribution in [0.5, 0.6) is 0 Å². The molecule has 0 bridgehead atoms. The zero-order valence-electron chi connectivity index (χ0n) is 8.40. The Bertz CT molecular complexity index is 368. The predicted molar refractivity (Wildman–Crippen MR) is 62.3 cm³/mol. The van der Waals surface area contributed by atoms with E-state index in [2.05, 4.69) is 17.9 Å². The van der Waals surface area contributed by atoms with Crippen molar-refractivity contribution in [3.8, 4) is 0 Å². The van der Waals surface area contributed by atoms with E-state index in [0.717, 1.165) is 5.56 Å². The molecule has 15 heavy (non-hydrogen) atoms. The number of aliphatic carboxylic acids is 1. The summed E-state index contributed by atoms with van der Waals surface area (Å²) in [6.45, 7) is 0. The van der Waals surface area contributed by atoms with Crippen LogP contribution in [0.1, 0.15) is 5.56 Å². The smallest absolute Gasteiger partial charge is 0.321 e. The molecule has 1 unspecified atom stereocenters.